The first kappa shape index (κ1) is 17.3. The van der Waals surface area contributed by atoms with E-state index < -0.39 is 0 Å². The van der Waals surface area contributed by atoms with E-state index in [2.05, 4.69) is 0 Å². The molecule has 2 aromatic rings. The maximum atomic E-state index is 13.9. The summed E-state index contributed by atoms with van der Waals surface area (Å²) in [7, 11) is 0. The molecule has 0 bridgehead atoms. The second-order valence-corrected chi connectivity index (χ2v) is 6.31. The monoisotopic (exact) mass is 342 g/mol. The van der Waals surface area contributed by atoms with Gasteiger partial charge in [0.05, 0.1) is 5.69 Å². The number of ether oxygens (including phenoxy) is 1. The molecule has 0 N–H and O–H groups in total. The van der Waals surface area contributed by atoms with Crippen molar-refractivity contribution in [1.29, 1.82) is 0 Å². The number of nitrogens with zero attached hydrogens (tertiary/aromatic N) is 2. The number of rotatable bonds is 4. The van der Waals surface area contributed by atoms with Gasteiger partial charge >= 0.3 is 0 Å². The first-order chi connectivity index (χ1) is 12.1. The molecule has 0 atom stereocenters. The third kappa shape index (κ3) is 3.92. The van der Waals surface area contributed by atoms with Gasteiger partial charge in [-0.05, 0) is 43.2 Å². The van der Waals surface area contributed by atoms with Crippen LogP contribution >= 0.6 is 0 Å². The average molecular weight is 342 g/mol. The Labute approximate surface area is 147 Å². The SMILES string of the molecule is Cc1cccc(OCC(=O)N2CCN(c3ccccc3F)CC2)c1C. The number of hydrogen-bond acceptors (Lipinski definition) is 3. The summed E-state index contributed by atoms with van der Waals surface area (Å²) in [5.74, 6) is 0.493. The lowest BCUT2D eigenvalue weighted by atomic mass is 10.1. The van der Waals surface area contributed by atoms with Gasteiger partial charge in [-0.15, -0.1) is 0 Å². The predicted molar refractivity (Wildman–Crippen MR) is 96.6 cm³/mol. The Hall–Kier alpha value is -2.56. The van der Waals surface area contributed by atoms with E-state index in [4.69, 9.17) is 4.74 Å². The largest absolute Gasteiger partial charge is 0.483 e. The molecule has 4 nitrogen and oxygen atoms in total. The van der Waals surface area contributed by atoms with Gasteiger partial charge in [0.1, 0.15) is 11.6 Å². The van der Waals surface area contributed by atoms with Crippen LogP contribution in [0.3, 0.4) is 0 Å². The number of para-hydroxylation sites is 1. The number of halogens is 1. The molecule has 1 saturated heterocycles. The van der Waals surface area contributed by atoms with Crippen LogP contribution in [0.25, 0.3) is 0 Å². The molecule has 1 aliphatic rings. The minimum atomic E-state index is -0.222. The summed E-state index contributed by atoms with van der Waals surface area (Å²) >= 11 is 0. The molecule has 5 heteroatoms. The average Bonchev–Trinajstić information content (AvgIpc) is 2.63. The highest BCUT2D eigenvalue weighted by Crippen LogP contribution is 2.22. The summed E-state index contributed by atoms with van der Waals surface area (Å²) in [5.41, 5.74) is 2.80. The minimum Gasteiger partial charge on any atom is -0.483 e. The molecule has 0 aromatic heterocycles. The van der Waals surface area contributed by atoms with E-state index in [1.165, 1.54) is 6.07 Å². The van der Waals surface area contributed by atoms with E-state index in [-0.39, 0.29) is 18.3 Å². The Morgan fingerprint density at radius 3 is 2.48 bits per heavy atom. The van der Waals surface area contributed by atoms with Gasteiger partial charge in [0.25, 0.3) is 5.91 Å². The van der Waals surface area contributed by atoms with Gasteiger partial charge in [-0.2, -0.15) is 0 Å². The standard InChI is InChI=1S/C20H23FN2O2/c1-15-6-5-9-19(16(15)2)25-14-20(24)23-12-10-22(11-13-23)18-8-4-3-7-17(18)21/h3-9H,10-14H2,1-2H3. The Morgan fingerprint density at radius 2 is 1.76 bits per heavy atom. The van der Waals surface area contributed by atoms with Gasteiger partial charge in [0.15, 0.2) is 6.61 Å². The Kier molecular flexibility index (Phi) is 5.22. The summed E-state index contributed by atoms with van der Waals surface area (Å²) in [6.45, 7) is 6.43. The Balaban J connectivity index is 1.53. The van der Waals surface area contributed by atoms with Crippen molar-refractivity contribution in [3.05, 3.63) is 59.4 Å². The van der Waals surface area contributed by atoms with E-state index in [0.717, 1.165) is 16.9 Å². The minimum absolute atomic E-state index is 0.0317. The van der Waals surface area contributed by atoms with E-state index in [0.29, 0.717) is 31.9 Å². The lowest BCUT2D eigenvalue weighted by molar-refractivity contribution is -0.133. The van der Waals surface area contributed by atoms with Crippen molar-refractivity contribution in [2.24, 2.45) is 0 Å². The zero-order chi connectivity index (χ0) is 17.8. The molecular formula is C20H23FN2O2. The molecule has 1 heterocycles. The van der Waals surface area contributed by atoms with E-state index in [9.17, 15) is 9.18 Å². The Morgan fingerprint density at radius 1 is 1.04 bits per heavy atom. The van der Waals surface area contributed by atoms with Crippen molar-refractivity contribution in [1.82, 2.24) is 4.90 Å². The number of piperazine rings is 1. The Bertz CT molecular complexity index is 755. The number of carbonyl (C=O) groups excluding carboxylic acids is 1. The molecular weight excluding hydrogens is 319 g/mol. The third-order valence-corrected chi connectivity index (χ3v) is 4.73. The lowest BCUT2D eigenvalue weighted by Crippen LogP contribution is -2.50. The number of hydrogen-bond donors (Lipinski definition) is 0. The summed E-state index contributed by atoms with van der Waals surface area (Å²) in [4.78, 5) is 16.1. The number of anilines is 1. The molecule has 0 saturated carbocycles. The molecule has 132 valence electrons. The zero-order valence-corrected chi connectivity index (χ0v) is 14.7. The molecule has 3 rings (SSSR count). The van der Waals surface area contributed by atoms with Crippen LogP contribution in [0.2, 0.25) is 0 Å². The molecule has 0 spiro atoms. The van der Waals surface area contributed by atoms with E-state index >= 15 is 0 Å². The van der Waals surface area contributed by atoms with Crippen molar-refractivity contribution in [3.63, 3.8) is 0 Å². The second kappa shape index (κ2) is 7.55. The van der Waals surface area contributed by atoms with Crippen LogP contribution in [0.4, 0.5) is 10.1 Å². The number of carbonyl (C=O) groups is 1. The van der Waals surface area contributed by atoms with Crippen LogP contribution in [-0.4, -0.2) is 43.6 Å². The molecule has 0 aliphatic carbocycles. The van der Waals surface area contributed by atoms with Crippen LogP contribution in [0.5, 0.6) is 5.75 Å². The summed E-state index contributed by atoms with van der Waals surface area (Å²) in [5, 5.41) is 0. The van der Waals surface area contributed by atoms with Crippen molar-refractivity contribution in [2.45, 2.75) is 13.8 Å². The van der Waals surface area contributed by atoms with Crippen LogP contribution in [0, 0.1) is 19.7 Å². The van der Waals surface area contributed by atoms with Crippen molar-refractivity contribution in [3.8, 4) is 5.75 Å². The lowest BCUT2D eigenvalue weighted by Gasteiger charge is -2.36. The first-order valence-corrected chi connectivity index (χ1v) is 8.52. The fraction of sp³-hybridized carbons (Fsp3) is 0.350. The van der Waals surface area contributed by atoms with Gasteiger partial charge in [-0.1, -0.05) is 24.3 Å². The summed E-state index contributed by atoms with van der Waals surface area (Å²) in [6.07, 6.45) is 0. The number of amides is 1. The highest BCUT2D eigenvalue weighted by atomic mass is 19.1. The fourth-order valence-electron chi connectivity index (χ4n) is 3.02. The van der Waals surface area contributed by atoms with Crippen LogP contribution in [0.15, 0.2) is 42.5 Å². The molecule has 1 aliphatic heterocycles. The van der Waals surface area contributed by atoms with Crippen LogP contribution in [-0.2, 0) is 4.79 Å². The maximum Gasteiger partial charge on any atom is 0.260 e. The quantitative estimate of drug-likeness (QED) is 0.856. The smallest absolute Gasteiger partial charge is 0.260 e. The highest BCUT2D eigenvalue weighted by Gasteiger charge is 2.23. The third-order valence-electron chi connectivity index (χ3n) is 4.73. The normalized spacial score (nSPS) is 14.5. The molecule has 0 radical (unpaired) electrons. The van der Waals surface area contributed by atoms with E-state index in [1.54, 1.807) is 17.0 Å². The predicted octanol–water partition coefficient (Wildman–Crippen LogP) is 3.17. The maximum absolute atomic E-state index is 13.9. The summed E-state index contributed by atoms with van der Waals surface area (Å²) < 4.78 is 19.6. The number of aryl methyl sites for hydroxylation is 1. The molecule has 1 amide bonds. The molecule has 25 heavy (non-hydrogen) atoms. The van der Waals surface area contributed by atoms with Gasteiger partial charge in [0, 0.05) is 26.2 Å². The zero-order valence-electron chi connectivity index (χ0n) is 14.7. The summed E-state index contributed by atoms with van der Waals surface area (Å²) in [6, 6.07) is 12.6. The topological polar surface area (TPSA) is 32.8 Å². The van der Waals surface area contributed by atoms with E-state index in [1.807, 2.05) is 43.0 Å². The second-order valence-electron chi connectivity index (χ2n) is 6.31. The van der Waals surface area contributed by atoms with Crippen molar-refractivity contribution >= 4 is 11.6 Å². The fourth-order valence-corrected chi connectivity index (χ4v) is 3.02. The van der Waals surface area contributed by atoms with Crippen molar-refractivity contribution in [2.75, 3.05) is 37.7 Å². The number of benzene rings is 2. The van der Waals surface area contributed by atoms with Crippen LogP contribution < -0.4 is 9.64 Å². The van der Waals surface area contributed by atoms with Gasteiger partial charge < -0.3 is 14.5 Å². The molecule has 0 unspecified atom stereocenters. The van der Waals surface area contributed by atoms with Crippen LogP contribution in [0.1, 0.15) is 11.1 Å². The first-order valence-electron chi connectivity index (χ1n) is 8.52. The molecule has 2 aromatic carbocycles. The van der Waals surface area contributed by atoms with Gasteiger partial charge in [-0.25, -0.2) is 4.39 Å². The van der Waals surface area contributed by atoms with Crippen molar-refractivity contribution < 1.29 is 13.9 Å². The van der Waals surface area contributed by atoms with Gasteiger partial charge in [-0.3, -0.25) is 4.79 Å². The van der Waals surface area contributed by atoms with Gasteiger partial charge in [0.2, 0.25) is 0 Å². The molecule has 1 fully saturated rings. The highest BCUT2D eigenvalue weighted by molar-refractivity contribution is 5.78.